The van der Waals surface area contributed by atoms with Crippen LogP contribution in [0.1, 0.15) is 37.3 Å². The van der Waals surface area contributed by atoms with Gasteiger partial charge in [-0.25, -0.2) is 4.98 Å². The number of nitrogens with two attached hydrogens (primary N) is 1. The number of hydrogen-bond acceptors (Lipinski definition) is 2. The highest BCUT2D eigenvalue weighted by Crippen LogP contribution is 2.26. The zero-order valence-electron chi connectivity index (χ0n) is 7.76. The Labute approximate surface area is 82.9 Å². The van der Waals surface area contributed by atoms with Crippen molar-refractivity contribution in [1.82, 2.24) is 9.55 Å². The smallest absolute Gasteiger partial charge is 0.150 e. The number of imidazole rings is 1. The normalized spacial score (nSPS) is 18.4. The first-order valence-corrected chi connectivity index (χ1v) is 5.08. The van der Waals surface area contributed by atoms with E-state index in [0.29, 0.717) is 5.15 Å². The van der Waals surface area contributed by atoms with Gasteiger partial charge in [0.2, 0.25) is 0 Å². The fourth-order valence-corrected chi connectivity index (χ4v) is 2.16. The number of hydrogen-bond donors (Lipinski definition) is 1. The van der Waals surface area contributed by atoms with Gasteiger partial charge >= 0.3 is 0 Å². The Bertz CT molecular complexity index is 317. The van der Waals surface area contributed by atoms with Gasteiger partial charge in [0.15, 0.2) is 5.15 Å². The molecule has 1 atom stereocenters. The van der Waals surface area contributed by atoms with E-state index in [0.717, 1.165) is 18.8 Å². The minimum atomic E-state index is -0.0238. The van der Waals surface area contributed by atoms with Gasteiger partial charge in [0.05, 0.1) is 11.7 Å². The van der Waals surface area contributed by atoms with Crippen LogP contribution in [0.3, 0.4) is 0 Å². The van der Waals surface area contributed by atoms with Crippen LogP contribution < -0.4 is 5.73 Å². The molecule has 2 heterocycles. The lowest BCUT2D eigenvalue weighted by molar-refractivity contribution is 0.501. The summed E-state index contributed by atoms with van der Waals surface area (Å²) < 4.78 is 2.18. The van der Waals surface area contributed by atoms with Crippen LogP contribution >= 0.6 is 11.6 Å². The number of aromatic nitrogens is 2. The number of rotatable bonds is 1. The summed E-state index contributed by atoms with van der Waals surface area (Å²) in [4.78, 5) is 4.30. The van der Waals surface area contributed by atoms with Crippen molar-refractivity contribution >= 4 is 11.6 Å². The number of nitrogens with zero attached hydrogens (tertiary/aromatic N) is 2. The highest BCUT2D eigenvalue weighted by molar-refractivity contribution is 6.30. The Morgan fingerprint density at radius 3 is 3.00 bits per heavy atom. The molecule has 0 aliphatic carbocycles. The predicted octanol–water partition coefficient (Wildman–Crippen LogP) is 1.89. The third kappa shape index (κ3) is 1.46. The van der Waals surface area contributed by atoms with Crippen LogP contribution in [-0.2, 0) is 13.0 Å². The summed E-state index contributed by atoms with van der Waals surface area (Å²) in [5.74, 6) is 0.930. The molecular formula is C9H14ClN3. The predicted molar refractivity (Wildman–Crippen MR) is 52.8 cm³/mol. The van der Waals surface area contributed by atoms with Gasteiger partial charge in [-0.05, 0) is 26.2 Å². The topological polar surface area (TPSA) is 43.8 Å². The molecule has 2 rings (SSSR count). The lowest BCUT2D eigenvalue weighted by Crippen LogP contribution is -2.17. The lowest BCUT2D eigenvalue weighted by Gasteiger charge is -2.17. The van der Waals surface area contributed by atoms with E-state index in [1.165, 1.54) is 18.5 Å². The maximum absolute atomic E-state index is 6.02. The van der Waals surface area contributed by atoms with E-state index in [-0.39, 0.29) is 6.04 Å². The molecule has 0 saturated carbocycles. The second-order valence-electron chi connectivity index (χ2n) is 3.60. The average Bonchev–Trinajstić information content (AvgIpc) is 2.45. The van der Waals surface area contributed by atoms with E-state index in [4.69, 9.17) is 17.3 Å². The van der Waals surface area contributed by atoms with Crippen molar-refractivity contribution < 1.29 is 0 Å². The summed E-state index contributed by atoms with van der Waals surface area (Å²) in [6.07, 6.45) is 3.46. The van der Waals surface area contributed by atoms with Crippen LogP contribution in [0.15, 0.2) is 0 Å². The Morgan fingerprint density at radius 2 is 2.31 bits per heavy atom. The molecule has 0 fully saturated rings. The number of halogens is 1. The molecular weight excluding hydrogens is 186 g/mol. The quantitative estimate of drug-likeness (QED) is 0.751. The van der Waals surface area contributed by atoms with Crippen molar-refractivity contribution in [2.24, 2.45) is 5.73 Å². The van der Waals surface area contributed by atoms with Crippen molar-refractivity contribution in [3.63, 3.8) is 0 Å². The van der Waals surface area contributed by atoms with Gasteiger partial charge < -0.3 is 10.3 Å². The Kier molecular flexibility index (Phi) is 2.30. The molecule has 72 valence electrons. The Hall–Kier alpha value is -0.540. The van der Waals surface area contributed by atoms with Gasteiger partial charge in [-0.2, -0.15) is 0 Å². The first-order chi connectivity index (χ1) is 6.20. The van der Waals surface area contributed by atoms with Crippen molar-refractivity contribution in [2.75, 3.05) is 0 Å². The van der Waals surface area contributed by atoms with E-state index in [1.807, 2.05) is 6.92 Å². The minimum absolute atomic E-state index is 0.0238. The van der Waals surface area contributed by atoms with Crippen molar-refractivity contribution in [3.8, 4) is 0 Å². The van der Waals surface area contributed by atoms with Crippen LogP contribution in [-0.4, -0.2) is 9.55 Å². The lowest BCUT2D eigenvalue weighted by atomic mass is 10.1. The van der Waals surface area contributed by atoms with Crippen LogP contribution in [0.25, 0.3) is 0 Å². The highest BCUT2D eigenvalue weighted by atomic mass is 35.5. The molecule has 0 spiro atoms. The Balaban J connectivity index is 2.47. The van der Waals surface area contributed by atoms with Crippen LogP contribution in [0.2, 0.25) is 5.15 Å². The molecule has 3 nitrogen and oxygen atoms in total. The van der Waals surface area contributed by atoms with Gasteiger partial charge in [-0.15, -0.1) is 0 Å². The molecule has 1 aromatic heterocycles. The van der Waals surface area contributed by atoms with Gasteiger partial charge in [0.25, 0.3) is 0 Å². The van der Waals surface area contributed by atoms with Crippen molar-refractivity contribution in [1.29, 1.82) is 0 Å². The summed E-state index contributed by atoms with van der Waals surface area (Å²) >= 11 is 6.02. The second kappa shape index (κ2) is 3.31. The first-order valence-electron chi connectivity index (χ1n) is 4.70. The van der Waals surface area contributed by atoms with E-state index in [2.05, 4.69) is 9.55 Å². The summed E-state index contributed by atoms with van der Waals surface area (Å²) in [6.45, 7) is 2.96. The monoisotopic (exact) mass is 199 g/mol. The highest BCUT2D eigenvalue weighted by Gasteiger charge is 2.20. The molecule has 2 N–H and O–H groups in total. The zero-order chi connectivity index (χ0) is 9.42. The average molecular weight is 200 g/mol. The van der Waals surface area contributed by atoms with E-state index >= 15 is 0 Å². The third-order valence-corrected chi connectivity index (χ3v) is 2.81. The molecule has 13 heavy (non-hydrogen) atoms. The molecule has 4 heteroatoms. The molecule has 1 unspecified atom stereocenters. The molecule has 0 aromatic carbocycles. The maximum Gasteiger partial charge on any atom is 0.150 e. The summed E-state index contributed by atoms with van der Waals surface area (Å²) in [6, 6.07) is -0.0238. The standard InChI is InChI=1S/C9H14ClN3/c1-6(11)9-12-8(10)7-4-2-3-5-13(7)9/h6H,2-5,11H2,1H3. The molecule has 1 aliphatic heterocycles. The SMILES string of the molecule is CC(N)c1nc(Cl)c2n1CCCC2. The first kappa shape index (κ1) is 9.03. The van der Waals surface area contributed by atoms with Crippen LogP contribution in [0, 0.1) is 0 Å². The zero-order valence-corrected chi connectivity index (χ0v) is 8.51. The Morgan fingerprint density at radius 1 is 1.54 bits per heavy atom. The fraction of sp³-hybridized carbons (Fsp3) is 0.667. The van der Waals surface area contributed by atoms with E-state index in [1.54, 1.807) is 0 Å². The maximum atomic E-state index is 6.02. The van der Waals surface area contributed by atoms with Gasteiger partial charge in [-0.1, -0.05) is 11.6 Å². The number of fused-ring (bicyclic) bond motifs is 1. The molecule has 0 radical (unpaired) electrons. The second-order valence-corrected chi connectivity index (χ2v) is 3.96. The van der Waals surface area contributed by atoms with Crippen molar-refractivity contribution in [2.45, 2.75) is 38.8 Å². The van der Waals surface area contributed by atoms with Gasteiger partial charge in [0, 0.05) is 6.54 Å². The van der Waals surface area contributed by atoms with Crippen LogP contribution in [0.4, 0.5) is 0 Å². The fourth-order valence-electron chi connectivity index (χ4n) is 1.87. The molecule has 0 saturated heterocycles. The van der Waals surface area contributed by atoms with Crippen molar-refractivity contribution in [3.05, 3.63) is 16.7 Å². The molecule has 0 bridgehead atoms. The van der Waals surface area contributed by atoms with Crippen LogP contribution in [0.5, 0.6) is 0 Å². The minimum Gasteiger partial charge on any atom is -0.329 e. The largest absolute Gasteiger partial charge is 0.329 e. The summed E-state index contributed by atoms with van der Waals surface area (Å²) in [7, 11) is 0. The van der Waals surface area contributed by atoms with E-state index in [9.17, 15) is 0 Å². The summed E-state index contributed by atoms with van der Waals surface area (Å²) in [5, 5.41) is 0.645. The molecule has 1 aromatic rings. The van der Waals surface area contributed by atoms with Gasteiger partial charge in [-0.3, -0.25) is 0 Å². The summed E-state index contributed by atoms with van der Waals surface area (Å²) in [5.41, 5.74) is 6.98. The molecule has 0 amide bonds. The van der Waals surface area contributed by atoms with Gasteiger partial charge in [0.1, 0.15) is 5.82 Å². The molecule has 1 aliphatic rings. The van der Waals surface area contributed by atoms with E-state index < -0.39 is 0 Å². The third-order valence-electron chi connectivity index (χ3n) is 2.51.